The van der Waals surface area contributed by atoms with Crippen LogP contribution in [0.15, 0.2) is 18.2 Å². The molecule has 3 nitrogen and oxygen atoms in total. The third-order valence-corrected chi connectivity index (χ3v) is 1.89. The van der Waals surface area contributed by atoms with Crippen molar-refractivity contribution in [2.75, 3.05) is 11.9 Å². The third kappa shape index (κ3) is 2.60. The fourth-order valence-corrected chi connectivity index (χ4v) is 1.10. The Bertz CT molecular complexity index is 391. The van der Waals surface area contributed by atoms with Crippen molar-refractivity contribution in [2.45, 2.75) is 13.8 Å². The Morgan fingerprint density at radius 1 is 1.57 bits per heavy atom. The lowest BCUT2D eigenvalue weighted by atomic mass is 10.1. The first-order valence-corrected chi connectivity index (χ1v) is 4.37. The van der Waals surface area contributed by atoms with Crippen molar-refractivity contribution in [1.29, 1.82) is 5.26 Å². The summed E-state index contributed by atoms with van der Waals surface area (Å²) in [6.07, 6.45) is 0. The molecule has 1 rings (SSSR count). The highest BCUT2D eigenvalue weighted by molar-refractivity contribution is 5.80. The van der Waals surface area contributed by atoms with Crippen LogP contribution in [-0.4, -0.2) is 12.3 Å². The summed E-state index contributed by atoms with van der Waals surface area (Å²) >= 11 is 0. The summed E-state index contributed by atoms with van der Waals surface area (Å²) < 4.78 is 0. The van der Waals surface area contributed by atoms with Crippen molar-refractivity contribution in [2.24, 2.45) is 0 Å². The summed E-state index contributed by atoms with van der Waals surface area (Å²) in [5.74, 6) is 0.0757. The molecule has 0 saturated heterocycles. The van der Waals surface area contributed by atoms with E-state index in [1.807, 2.05) is 13.0 Å². The number of hydrogen-bond acceptors (Lipinski definition) is 3. The lowest BCUT2D eigenvalue weighted by molar-refractivity contribution is -0.115. The first-order valence-electron chi connectivity index (χ1n) is 4.37. The monoisotopic (exact) mass is 188 g/mol. The fourth-order valence-electron chi connectivity index (χ4n) is 1.10. The molecule has 0 radical (unpaired) electrons. The molecule has 0 amide bonds. The number of ketones is 1. The maximum absolute atomic E-state index is 10.8. The van der Waals surface area contributed by atoms with Crippen LogP contribution in [-0.2, 0) is 4.79 Å². The predicted octanol–water partition coefficient (Wildman–Crippen LogP) is 1.87. The van der Waals surface area contributed by atoms with E-state index in [1.54, 1.807) is 12.1 Å². The highest BCUT2D eigenvalue weighted by atomic mass is 16.1. The Kier molecular flexibility index (Phi) is 3.24. The maximum atomic E-state index is 10.8. The lowest BCUT2D eigenvalue weighted by Crippen LogP contribution is -2.10. The van der Waals surface area contributed by atoms with Crippen molar-refractivity contribution < 1.29 is 4.79 Å². The van der Waals surface area contributed by atoms with E-state index in [0.29, 0.717) is 12.1 Å². The molecule has 0 aliphatic heterocycles. The zero-order valence-corrected chi connectivity index (χ0v) is 8.29. The van der Waals surface area contributed by atoms with Crippen LogP contribution >= 0.6 is 0 Å². The second kappa shape index (κ2) is 4.43. The zero-order valence-electron chi connectivity index (χ0n) is 8.29. The van der Waals surface area contributed by atoms with E-state index in [2.05, 4.69) is 11.4 Å². The number of carbonyl (C=O) groups excluding carboxylic acids is 1. The first-order chi connectivity index (χ1) is 6.63. The summed E-state index contributed by atoms with van der Waals surface area (Å²) in [6.45, 7) is 3.76. The van der Waals surface area contributed by atoms with Gasteiger partial charge in [0.15, 0.2) is 0 Å². The van der Waals surface area contributed by atoms with E-state index in [9.17, 15) is 4.79 Å². The number of anilines is 1. The molecule has 0 saturated carbocycles. The summed E-state index contributed by atoms with van der Waals surface area (Å²) in [6, 6.07) is 7.43. The molecule has 72 valence electrons. The normalized spacial score (nSPS) is 9.21. The number of nitrogens with zero attached hydrogens (tertiary/aromatic N) is 1. The largest absolute Gasteiger partial charge is 0.378 e. The van der Waals surface area contributed by atoms with E-state index in [-0.39, 0.29) is 5.78 Å². The minimum atomic E-state index is 0.0757. The molecular weight excluding hydrogens is 176 g/mol. The van der Waals surface area contributed by atoms with Crippen LogP contribution in [0.2, 0.25) is 0 Å². The van der Waals surface area contributed by atoms with Crippen molar-refractivity contribution in [1.82, 2.24) is 0 Å². The molecule has 0 aliphatic carbocycles. The van der Waals surface area contributed by atoms with E-state index < -0.39 is 0 Å². The minimum Gasteiger partial charge on any atom is -0.378 e. The summed E-state index contributed by atoms with van der Waals surface area (Å²) in [5, 5.41) is 11.7. The number of Topliss-reactive ketones (excluding diaryl/α,β-unsaturated/α-hetero) is 1. The van der Waals surface area contributed by atoms with Gasteiger partial charge in [-0.2, -0.15) is 5.26 Å². The molecule has 1 aromatic rings. The Labute approximate surface area is 83.4 Å². The van der Waals surface area contributed by atoms with Gasteiger partial charge in [0, 0.05) is 5.69 Å². The highest BCUT2D eigenvalue weighted by Crippen LogP contribution is 2.15. The molecule has 0 spiro atoms. The molecule has 3 heteroatoms. The molecule has 0 heterocycles. The number of rotatable bonds is 3. The molecule has 0 unspecified atom stereocenters. The molecule has 0 fully saturated rings. The van der Waals surface area contributed by atoms with Crippen LogP contribution in [0, 0.1) is 18.3 Å². The Balaban J connectivity index is 2.85. The van der Waals surface area contributed by atoms with Gasteiger partial charge in [-0.1, -0.05) is 6.07 Å². The van der Waals surface area contributed by atoms with Crippen LogP contribution in [0.3, 0.4) is 0 Å². The van der Waals surface area contributed by atoms with E-state index >= 15 is 0 Å². The maximum Gasteiger partial charge on any atom is 0.148 e. The number of benzene rings is 1. The summed E-state index contributed by atoms with van der Waals surface area (Å²) in [5.41, 5.74) is 2.48. The van der Waals surface area contributed by atoms with Gasteiger partial charge < -0.3 is 5.32 Å². The van der Waals surface area contributed by atoms with Gasteiger partial charge in [0.05, 0.1) is 18.2 Å². The molecule has 1 aromatic carbocycles. The third-order valence-electron chi connectivity index (χ3n) is 1.89. The van der Waals surface area contributed by atoms with Gasteiger partial charge in [-0.3, -0.25) is 4.79 Å². The van der Waals surface area contributed by atoms with Crippen molar-refractivity contribution in [3.63, 3.8) is 0 Å². The van der Waals surface area contributed by atoms with E-state index in [1.165, 1.54) is 6.92 Å². The zero-order chi connectivity index (χ0) is 10.6. The Hall–Kier alpha value is -1.82. The quantitative estimate of drug-likeness (QED) is 0.787. The van der Waals surface area contributed by atoms with Crippen molar-refractivity contribution in [3.05, 3.63) is 29.3 Å². The van der Waals surface area contributed by atoms with Crippen molar-refractivity contribution >= 4 is 11.5 Å². The van der Waals surface area contributed by atoms with Crippen LogP contribution in [0.4, 0.5) is 5.69 Å². The minimum absolute atomic E-state index is 0.0757. The van der Waals surface area contributed by atoms with Gasteiger partial charge in [0.1, 0.15) is 5.78 Å². The standard InChI is InChI=1S/C11H12N2O/c1-8-3-4-10(6-12)5-11(8)13-7-9(2)14/h3-5,13H,7H2,1-2H3. The molecule has 14 heavy (non-hydrogen) atoms. The Morgan fingerprint density at radius 3 is 2.86 bits per heavy atom. The second-order valence-corrected chi connectivity index (χ2v) is 3.20. The molecule has 0 bridgehead atoms. The van der Waals surface area contributed by atoms with Gasteiger partial charge in [0.2, 0.25) is 0 Å². The van der Waals surface area contributed by atoms with Gasteiger partial charge in [-0.15, -0.1) is 0 Å². The fraction of sp³-hybridized carbons (Fsp3) is 0.273. The topological polar surface area (TPSA) is 52.9 Å². The van der Waals surface area contributed by atoms with E-state index in [0.717, 1.165) is 11.3 Å². The lowest BCUT2D eigenvalue weighted by Gasteiger charge is -2.07. The molecular formula is C11H12N2O. The van der Waals surface area contributed by atoms with Gasteiger partial charge in [0.25, 0.3) is 0 Å². The number of aryl methyl sites for hydroxylation is 1. The number of hydrogen-bond donors (Lipinski definition) is 1. The van der Waals surface area contributed by atoms with Gasteiger partial charge in [-0.25, -0.2) is 0 Å². The second-order valence-electron chi connectivity index (χ2n) is 3.20. The van der Waals surface area contributed by atoms with E-state index in [4.69, 9.17) is 5.26 Å². The number of nitriles is 1. The van der Waals surface area contributed by atoms with Crippen LogP contribution in [0.25, 0.3) is 0 Å². The highest BCUT2D eigenvalue weighted by Gasteiger charge is 2.00. The molecule has 0 aliphatic rings. The summed E-state index contributed by atoms with van der Waals surface area (Å²) in [4.78, 5) is 10.8. The average Bonchev–Trinajstić information content (AvgIpc) is 2.16. The van der Waals surface area contributed by atoms with Gasteiger partial charge in [-0.05, 0) is 31.5 Å². The molecule has 1 N–H and O–H groups in total. The smallest absolute Gasteiger partial charge is 0.148 e. The Morgan fingerprint density at radius 2 is 2.29 bits per heavy atom. The SMILES string of the molecule is CC(=O)CNc1cc(C#N)ccc1C. The average molecular weight is 188 g/mol. The molecule has 0 atom stereocenters. The van der Waals surface area contributed by atoms with Crippen LogP contribution in [0.5, 0.6) is 0 Å². The van der Waals surface area contributed by atoms with Crippen LogP contribution < -0.4 is 5.32 Å². The molecule has 0 aromatic heterocycles. The number of carbonyl (C=O) groups is 1. The predicted molar refractivity (Wildman–Crippen MR) is 55.1 cm³/mol. The van der Waals surface area contributed by atoms with Crippen molar-refractivity contribution in [3.8, 4) is 6.07 Å². The first kappa shape index (κ1) is 10.3. The summed E-state index contributed by atoms with van der Waals surface area (Å²) in [7, 11) is 0. The van der Waals surface area contributed by atoms with Crippen LogP contribution in [0.1, 0.15) is 18.1 Å². The van der Waals surface area contributed by atoms with Gasteiger partial charge >= 0.3 is 0 Å². The number of nitrogens with one attached hydrogen (secondary N) is 1.